The molecular weight excluding hydrogens is 375 g/mol. The van der Waals surface area contributed by atoms with Crippen molar-refractivity contribution in [2.45, 2.75) is 0 Å². The summed E-state index contributed by atoms with van der Waals surface area (Å²) in [6, 6.07) is 11.2. The fourth-order valence-electron chi connectivity index (χ4n) is 2.30. The number of para-hydroxylation sites is 1. The molecule has 0 saturated carbocycles. The molecule has 0 radical (unpaired) electrons. The molecule has 2 N–H and O–H groups in total. The van der Waals surface area contributed by atoms with Crippen LogP contribution in [0.3, 0.4) is 0 Å². The second kappa shape index (κ2) is 8.28. The van der Waals surface area contributed by atoms with Gasteiger partial charge in [0, 0.05) is 27.9 Å². The average Bonchev–Trinajstić information content (AvgIpc) is 3.15. The third-order valence-electron chi connectivity index (χ3n) is 3.50. The predicted molar refractivity (Wildman–Crippen MR) is 96.8 cm³/mol. The van der Waals surface area contributed by atoms with Crippen LogP contribution < -0.4 is 15.0 Å². The van der Waals surface area contributed by atoms with Crippen LogP contribution in [-0.2, 0) is 4.79 Å². The molecule has 1 aromatic carbocycles. The molecule has 3 rings (SSSR count). The van der Waals surface area contributed by atoms with Crippen molar-refractivity contribution in [1.29, 1.82) is 0 Å². The SMILES string of the molecule is O=C(COc1ccc(-c2ccccc2OF)cn1)Nc1ccsc1C(=O)O. The number of nitrogens with one attached hydrogen (secondary N) is 1. The van der Waals surface area contributed by atoms with Crippen molar-refractivity contribution in [2.75, 3.05) is 11.9 Å². The van der Waals surface area contributed by atoms with Crippen molar-refractivity contribution in [2.24, 2.45) is 0 Å². The fraction of sp³-hybridized carbons (Fsp3) is 0.0556. The Morgan fingerprint density at radius 3 is 2.70 bits per heavy atom. The molecule has 1 amide bonds. The number of benzene rings is 1. The van der Waals surface area contributed by atoms with E-state index < -0.39 is 11.9 Å². The van der Waals surface area contributed by atoms with Crippen molar-refractivity contribution in [3.05, 3.63) is 58.9 Å². The maximum absolute atomic E-state index is 12.6. The van der Waals surface area contributed by atoms with Gasteiger partial charge in [0.15, 0.2) is 12.4 Å². The van der Waals surface area contributed by atoms with Crippen LogP contribution in [0.25, 0.3) is 11.1 Å². The summed E-state index contributed by atoms with van der Waals surface area (Å²) in [7, 11) is 0. The number of rotatable bonds is 7. The van der Waals surface area contributed by atoms with E-state index in [-0.39, 0.29) is 28.8 Å². The van der Waals surface area contributed by atoms with E-state index in [1.807, 2.05) is 0 Å². The van der Waals surface area contributed by atoms with Gasteiger partial charge in [-0.25, -0.2) is 9.78 Å². The highest BCUT2D eigenvalue weighted by Gasteiger charge is 2.14. The van der Waals surface area contributed by atoms with E-state index in [1.165, 1.54) is 24.4 Å². The second-order valence-electron chi connectivity index (χ2n) is 5.26. The van der Waals surface area contributed by atoms with Gasteiger partial charge in [0.1, 0.15) is 4.88 Å². The van der Waals surface area contributed by atoms with E-state index in [2.05, 4.69) is 15.2 Å². The van der Waals surface area contributed by atoms with E-state index in [9.17, 15) is 14.1 Å². The molecule has 0 aliphatic heterocycles. The molecule has 0 aliphatic rings. The van der Waals surface area contributed by atoms with Crippen LogP contribution >= 0.6 is 11.3 Å². The number of hydrogen-bond donors (Lipinski definition) is 2. The van der Waals surface area contributed by atoms with Crippen LogP contribution in [-0.4, -0.2) is 28.6 Å². The minimum atomic E-state index is -1.11. The summed E-state index contributed by atoms with van der Waals surface area (Å²) in [6.07, 6.45) is 1.46. The number of carboxylic acid groups (broad SMARTS) is 1. The maximum atomic E-state index is 12.6. The van der Waals surface area contributed by atoms with E-state index >= 15 is 0 Å². The quantitative estimate of drug-likeness (QED) is 0.639. The summed E-state index contributed by atoms with van der Waals surface area (Å²) in [5, 5.41) is 13.1. The smallest absolute Gasteiger partial charge is 0.348 e. The van der Waals surface area contributed by atoms with Gasteiger partial charge >= 0.3 is 5.97 Å². The molecule has 2 heterocycles. The molecule has 0 unspecified atom stereocenters. The summed E-state index contributed by atoms with van der Waals surface area (Å²) in [5.41, 5.74) is 1.35. The van der Waals surface area contributed by atoms with Gasteiger partial charge in [-0.2, -0.15) is 0 Å². The van der Waals surface area contributed by atoms with Gasteiger partial charge in [0.2, 0.25) is 5.88 Å². The lowest BCUT2D eigenvalue weighted by Crippen LogP contribution is -2.21. The summed E-state index contributed by atoms with van der Waals surface area (Å²) in [5.74, 6) is -1.37. The lowest BCUT2D eigenvalue weighted by molar-refractivity contribution is -0.118. The number of ether oxygens (including phenoxy) is 1. The zero-order valence-electron chi connectivity index (χ0n) is 13.7. The molecule has 7 nitrogen and oxygen atoms in total. The van der Waals surface area contributed by atoms with Crippen LogP contribution in [0, 0.1) is 0 Å². The van der Waals surface area contributed by atoms with Crippen LogP contribution in [0.5, 0.6) is 11.6 Å². The third kappa shape index (κ3) is 4.39. The number of carboxylic acids is 1. The van der Waals surface area contributed by atoms with Crippen LogP contribution in [0.1, 0.15) is 9.67 Å². The molecule has 0 aliphatic carbocycles. The Bertz CT molecular complexity index is 958. The van der Waals surface area contributed by atoms with Gasteiger partial charge < -0.3 is 15.2 Å². The predicted octanol–water partition coefficient (Wildman–Crippen LogP) is 3.79. The van der Waals surface area contributed by atoms with Gasteiger partial charge in [-0.1, -0.05) is 18.2 Å². The van der Waals surface area contributed by atoms with Crippen molar-refractivity contribution in [3.63, 3.8) is 0 Å². The lowest BCUT2D eigenvalue weighted by Gasteiger charge is -2.08. The first-order chi connectivity index (χ1) is 13.1. The molecule has 0 spiro atoms. The summed E-state index contributed by atoms with van der Waals surface area (Å²) in [4.78, 5) is 30.9. The number of aromatic nitrogens is 1. The van der Waals surface area contributed by atoms with Gasteiger partial charge in [-0.15, -0.1) is 11.3 Å². The standard InChI is InChI=1S/C18H13FN2O5S/c19-26-14-4-2-1-3-12(14)11-5-6-16(20-9-11)25-10-15(22)21-13-7-8-27-17(13)18(23)24/h1-9H,10H2,(H,21,22)(H,23,24). The summed E-state index contributed by atoms with van der Waals surface area (Å²) in [6.45, 7) is -0.342. The molecular formula is C18H13FN2O5S. The Balaban J connectivity index is 1.61. The van der Waals surface area contributed by atoms with Crippen LogP contribution in [0.4, 0.5) is 10.2 Å². The number of amides is 1. The first-order valence-electron chi connectivity index (χ1n) is 7.66. The Morgan fingerprint density at radius 1 is 1.19 bits per heavy atom. The largest absolute Gasteiger partial charge is 0.477 e. The Labute approximate surface area is 156 Å². The molecule has 27 heavy (non-hydrogen) atoms. The number of carbonyl (C=O) groups is 2. The molecule has 0 bridgehead atoms. The van der Waals surface area contributed by atoms with Gasteiger partial charge in [-0.3, -0.25) is 9.74 Å². The van der Waals surface area contributed by atoms with Crippen molar-refractivity contribution in [1.82, 2.24) is 4.98 Å². The maximum Gasteiger partial charge on any atom is 0.348 e. The topological polar surface area (TPSA) is 97.8 Å². The van der Waals surface area contributed by atoms with Crippen LogP contribution in [0.2, 0.25) is 0 Å². The number of nitrogens with zero attached hydrogens (tertiary/aromatic N) is 1. The molecule has 3 aromatic rings. The van der Waals surface area contributed by atoms with E-state index in [0.717, 1.165) is 11.3 Å². The van der Waals surface area contributed by atoms with E-state index in [0.29, 0.717) is 11.1 Å². The van der Waals surface area contributed by atoms with Crippen molar-refractivity contribution < 1.29 is 28.9 Å². The monoisotopic (exact) mass is 388 g/mol. The number of halogens is 1. The zero-order valence-corrected chi connectivity index (χ0v) is 14.5. The summed E-state index contributed by atoms with van der Waals surface area (Å²) < 4.78 is 17.9. The number of aromatic carboxylic acids is 1. The van der Waals surface area contributed by atoms with Crippen LogP contribution in [0.15, 0.2) is 54.0 Å². The van der Waals surface area contributed by atoms with Crippen molar-refractivity contribution in [3.8, 4) is 22.8 Å². The highest BCUT2D eigenvalue weighted by Crippen LogP contribution is 2.30. The summed E-state index contributed by atoms with van der Waals surface area (Å²) >= 11 is 1.01. The Morgan fingerprint density at radius 2 is 2.00 bits per heavy atom. The molecule has 0 saturated heterocycles. The van der Waals surface area contributed by atoms with Gasteiger partial charge in [0.05, 0.1) is 5.69 Å². The van der Waals surface area contributed by atoms with E-state index in [4.69, 9.17) is 9.84 Å². The fourth-order valence-corrected chi connectivity index (χ4v) is 2.98. The normalized spacial score (nSPS) is 10.3. The number of pyridine rings is 1. The number of carbonyl (C=O) groups excluding carboxylic acids is 1. The number of thiophene rings is 1. The Hall–Kier alpha value is -3.46. The van der Waals surface area contributed by atoms with Gasteiger partial charge in [0.25, 0.3) is 5.91 Å². The molecule has 2 aromatic heterocycles. The van der Waals surface area contributed by atoms with E-state index in [1.54, 1.807) is 29.6 Å². The first kappa shape index (κ1) is 18.3. The minimum absolute atomic E-state index is 0.0413. The number of hydrogen-bond acceptors (Lipinski definition) is 6. The zero-order chi connectivity index (χ0) is 19.2. The van der Waals surface area contributed by atoms with Gasteiger partial charge in [-0.05, 0) is 23.6 Å². The molecule has 9 heteroatoms. The first-order valence-corrected chi connectivity index (χ1v) is 8.54. The Kier molecular flexibility index (Phi) is 5.62. The molecule has 0 atom stereocenters. The molecule has 138 valence electrons. The van der Waals surface area contributed by atoms with Crippen molar-refractivity contribution >= 4 is 28.9 Å². The molecule has 0 fully saturated rings. The highest BCUT2D eigenvalue weighted by molar-refractivity contribution is 7.12. The average molecular weight is 388 g/mol. The highest BCUT2D eigenvalue weighted by atomic mass is 32.1. The third-order valence-corrected chi connectivity index (χ3v) is 4.40. The minimum Gasteiger partial charge on any atom is -0.477 e. The second-order valence-corrected chi connectivity index (χ2v) is 6.18. The number of anilines is 1. The lowest BCUT2D eigenvalue weighted by atomic mass is 10.1.